The molecule has 0 fully saturated rings. The molecule has 0 bridgehead atoms. The Labute approximate surface area is 129 Å². The van der Waals surface area contributed by atoms with Gasteiger partial charge in [0.05, 0.1) is 0 Å². The molecule has 112 valence electrons. The van der Waals surface area contributed by atoms with Crippen LogP contribution in [0.25, 0.3) is 10.9 Å². The first-order valence-electron chi connectivity index (χ1n) is 6.83. The van der Waals surface area contributed by atoms with Crippen LogP contribution in [0.2, 0.25) is 0 Å². The molecule has 5 heteroatoms. The van der Waals surface area contributed by atoms with Crippen molar-refractivity contribution in [3.05, 3.63) is 65.9 Å². The van der Waals surface area contributed by atoms with Crippen LogP contribution in [0.3, 0.4) is 0 Å². The second-order valence-electron chi connectivity index (χ2n) is 5.11. The first-order chi connectivity index (χ1) is 10.5. The van der Waals surface area contributed by atoms with Crippen LogP contribution in [-0.4, -0.2) is 13.4 Å². The lowest BCUT2D eigenvalue weighted by Gasteiger charge is -2.10. The Balaban J connectivity index is 2.05. The normalized spacial score (nSPS) is 11.5. The van der Waals surface area contributed by atoms with Crippen LogP contribution in [0.15, 0.2) is 59.6 Å². The zero-order valence-corrected chi connectivity index (χ0v) is 13.1. The Kier molecular flexibility index (Phi) is 3.58. The van der Waals surface area contributed by atoms with Gasteiger partial charge in [-0.1, -0.05) is 24.3 Å². The summed E-state index contributed by atoms with van der Waals surface area (Å²) in [5.74, 6) is 0.233. The fourth-order valence-electron chi connectivity index (χ4n) is 2.18. The van der Waals surface area contributed by atoms with Crippen LogP contribution in [0, 0.1) is 13.8 Å². The molecule has 1 aromatic heterocycles. The van der Waals surface area contributed by atoms with E-state index in [0.29, 0.717) is 5.52 Å². The lowest BCUT2D eigenvalue weighted by atomic mass is 10.1. The lowest BCUT2D eigenvalue weighted by Crippen LogP contribution is -2.10. The third-order valence-electron chi connectivity index (χ3n) is 3.56. The van der Waals surface area contributed by atoms with Gasteiger partial charge in [0.1, 0.15) is 10.4 Å². The minimum atomic E-state index is -3.88. The molecule has 0 saturated carbocycles. The molecule has 3 aromatic rings. The lowest BCUT2D eigenvalue weighted by molar-refractivity contribution is 0.488. The molecule has 22 heavy (non-hydrogen) atoms. The topological polar surface area (TPSA) is 56.3 Å². The molecule has 2 aromatic carbocycles. The third kappa shape index (κ3) is 2.67. The summed E-state index contributed by atoms with van der Waals surface area (Å²) >= 11 is 0. The molecule has 0 aliphatic carbocycles. The minimum absolute atomic E-state index is 0.142. The van der Waals surface area contributed by atoms with E-state index in [1.807, 2.05) is 26.0 Å². The number of para-hydroxylation sites is 1. The van der Waals surface area contributed by atoms with Gasteiger partial charge in [-0.3, -0.25) is 4.98 Å². The van der Waals surface area contributed by atoms with Crippen molar-refractivity contribution < 1.29 is 12.6 Å². The Morgan fingerprint density at radius 2 is 1.73 bits per heavy atom. The molecule has 0 aliphatic heterocycles. The highest BCUT2D eigenvalue weighted by Gasteiger charge is 2.18. The van der Waals surface area contributed by atoms with Gasteiger partial charge in [0.25, 0.3) is 0 Å². The molecule has 0 radical (unpaired) electrons. The van der Waals surface area contributed by atoms with Crippen molar-refractivity contribution in [2.45, 2.75) is 18.7 Å². The average molecular weight is 313 g/mol. The molecule has 1 heterocycles. The number of pyridine rings is 1. The Morgan fingerprint density at radius 1 is 0.955 bits per heavy atom. The number of rotatable bonds is 3. The minimum Gasteiger partial charge on any atom is -0.377 e. The SMILES string of the molecule is Cc1ccc(S(=O)(=O)Oc2cccc3cccnc23)cc1C. The summed E-state index contributed by atoms with van der Waals surface area (Å²) in [5.41, 5.74) is 2.46. The highest BCUT2D eigenvalue weighted by molar-refractivity contribution is 7.87. The van der Waals surface area contributed by atoms with E-state index in [2.05, 4.69) is 4.98 Å². The monoisotopic (exact) mass is 313 g/mol. The van der Waals surface area contributed by atoms with E-state index < -0.39 is 10.1 Å². The summed E-state index contributed by atoms with van der Waals surface area (Å²) in [6.45, 7) is 3.80. The Morgan fingerprint density at radius 3 is 2.50 bits per heavy atom. The van der Waals surface area contributed by atoms with Crippen molar-refractivity contribution in [2.75, 3.05) is 0 Å². The molecule has 0 N–H and O–H groups in total. The molecule has 0 amide bonds. The molecule has 3 rings (SSSR count). The van der Waals surface area contributed by atoms with Gasteiger partial charge in [0.15, 0.2) is 5.75 Å². The van der Waals surface area contributed by atoms with E-state index in [4.69, 9.17) is 4.18 Å². The van der Waals surface area contributed by atoms with Crippen molar-refractivity contribution >= 4 is 21.0 Å². The first kappa shape index (κ1) is 14.5. The molecular weight excluding hydrogens is 298 g/mol. The number of nitrogens with zero attached hydrogens (tertiary/aromatic N) is 1. The molecule has 0 atom stereocenters. The highest BCUT2D eigenvalue weighted by Crippen LogP contribution is 2.26. The summed E-state index contributed by atoms with van der Waals surface area (Å²) in [6, 6.07) is 13.8. The van der Waals surface area contributed by atoms with Crippen LogP contribution in [0.1, 0.15) is 11.1 Å². The van der Waals surface area contributed by atoms with E-state index in [9.17, 15) is 8.42 Å². The van der Waals surface area contributed by atoms with E-state index in [-0.39, 0.29) is 10.6 Å². The number of hydrogen-bond donors (Lipinski definition) is 0. The summed E-state index contributed by atoms with van der Waals surface area (Å²) in [6.07, 6.45) is 1.61. The van der Waals surface area contributed by atoms with E-state index >= 15 is 0 Å². The van der Waals surface area contributed by atoms with Crippen molar-refractivity contribution in [1.82, 2.24) is 4.98 Å². The van der Waals surface area contributed by atoms with Gasteiger partial charge in [-0.15, -0.1) is 0 Å². The van der Waals surface area contributed by atoms with Crippen molar-refractivity contribution in [3.63, 3.8) is 0 Å². The highest BCUT2D eigenvalue weighted by atomic mass is 32.2. The predicted molar refractivity (Wildman–Crippen MR) is 85.5 cm³/mol. The van der Waals surface area contributed by atoms with E-state index in [1.165, 1.54) is 0 Å². The quantitative estimate of drug-likeness (QED) is 0.693. The maximum Gasteiger partial charge on any atom is 0.339 e. The average Bonchev–Trinajstić information content (AvgIpc) is 2.50. The van der Waals surface area contributed by atoms with Crippen molar-refractivity contribution in [2.24, 2.45) is 0 Å². The van der Waals surface area contributed by atoms with Gasteiger partial charge in [0.2, 0.25) is 0 Å². The number of aryl methyl sites for hydroxylation is 2. The standard InChI is InChI=1S/C17H15NO3S/c1-12-8-9-15(11-13(12)2)22(19,20)21-16-7-3-5-14-6-4-10-18-17(14)16/h3-11H,1-2H3. The fourth-order valence-corrected chi connectivity index (χ4v) is 3.20. The summed E-state index contributed by atoms with van der Waals surface area (Å²) in [7, 11) is -3.88. The predicted octanol–water partition coefficient (Wildman–Crippen LogP) is 3.62. The van der Waals surface area contributed by atoms with Gasteiger partial charge in [0, 0.05) is 11.6 Å². The van der Waals surface area contributed by atoms with Crippen LogP contribution in [0.5, 0.6) is 5.75 Å². The van der Waals surface area contributed by atoms with Gasteiger partial charge in [-0.25, -0.2) is 0 Å². The zero-order valence-electron chi connectivity index (χ0n) is 12.3. The fraction of sp³-hybridized carbons (Fsp3) is 0.118. The maximum absolute atomic E-state index is 12.5. The molecule has 0 aliphatic rings. The zero-order chi connectivity index (χ0) is 15.7. The number of fused-ring (bicyclic) bond motifs is 1. The van der Waals surface area contributed by atoms with Crippen LogP contribution in [-0.2, 0) is 10.1 Å². The number of hydrogen-bond acceptors (Lipinski definition) is 4. The van der Waals surface area contributed by atoms with Gasteiger partial charge in [-0.2, -0.15) is 8.42 Å². The number of aromatic nitrogens is 1. The third-order valence-corrected chi connectivity index (χ3v) is 4.79. The summed E-state index contributed by atoms with van der Waals surface area (Å²) < 4.78 is 30.2. The summed E-state index contributed by atoms with van der Waals surface area (Å²) in [4.78, 5) is 4.34. The van der Waals surface area contributed by atoms with Gasteiger partial charge in [-0.05, 0) is 49.2 Å². The second-order valence-corrected chi connectivity index (χ2v) is 6.66. The van der Waals surface area contributed by atoms with Crippen LogP contribution >= 0.6 is 0 Å². The maximum atomic E-state index is 12.5. The smallest absolute Gasteiger partial charge is 0.339 e. The Hall–Kier alpha value is -2.40. The molecular formula is C17H15NO3S. The Bertz CT molecular complexity index is 944. The molecule has 4 nitrogen and oxygen atoms in total. The van der Waals surface area contributed by atoms with Crippen molar-refractivity contribution in [1.29, 1.82) is 0 Å². The second kappa shape index (κ2) is 5.42. The van der Waals surface area contributed by atoms with Gasteiger partial charge < -0.3 is 4.18 Å². The molecule has 0 unspecified atom stereocenters. The van der Waals surface area contributed by atoms with Gasteiger partial charge >= 0.3 is 10.1 Å². The van der Waals surface area contributed by atoms with Crippen molar-refractivity contribution in [3.8, 4) is 5.75 Å². The number of benzene rings is 2. The van der Waals surface area contributed by atoms with Crippen LogP contribution in [0.4, 0.5) is 0 Å². The molecule has 0 saturated heterocycles. The first-order valence-corrected chi connectivity index (χ1v) is 8.24. The summed E-state index contributed by atoms with van der Waals surface area (Å²) in [5, 5.41) is 0.829. The molecule has 0 spiro atoms. The van der Waals surface area contributed by atoms with E-state index in [1.54, 1.807) is 42.6 Å². The van der Waals surface area contributed by atoms with Crippen LogP contribution < -0.4 is 4.18 Å². The largest absolute Gasteiger partial charge is 0.377 e. The van der Waals surface area contributed by atoms with E-state index in [0.717, 1.165) is 16.5 Å².